The van der Waals surface area contributed by atoms with Crippen molar-refractivity contribution in [3.05, 3.63) is 12.2 Å². The molecule has 0 saturated heterocycles. The molecule has 8 heavy (non-hydrogen) atoms. The van der Waals surface area contributed by atoms with Gasteiger partial charge in [-0.15, -0.1) is 0 Å². The van der Waals surface area contributed by atoms with Crippen LogP contribution in [0.25, 0.3) is 0 Å². The van der Waals surface area contributed by atoms with Gasteiger partial charge in [0.2, 0.25) is 5.91 Å². The molecular weight excluding hydrogens is 111 g/mol. The highest BCUT2D eigenvalue weighted by Crippen LogP contribution is 1.88. The van der Waals surface area contributed by atoms with Crippen LogP contribution in [-0.2, 0) is 4.79 Å². The SMILES string of the molecule is O=C1C=CC(=NF)N1. The van der Waals surface area contributed by atoms with Crippen LogP contribution >= 0.6 is 0 Å². The minimum atomic E-state index is -0.332. The predicted octanol–water partition coefficient (Wildman–Crippen LogP) is -0.0446. The van der Waals surface area contributed by atoms with Crippen molar-refractivity contribution < 1.29 is 9.28 Å². The molecule has 0 aromatic carbocycles. The number of nitrogens with zero attached hydrogens (tertiary/aromatic N) is 1. The third kappa shape index (κ3) is 0.726. The molecule has 0 spiro atoms. The van der Waals surface area contributed by atoms with Crippen molar-refractivity contribution in [2.75, 3.05) is 0 Å². The van der Waals surface area contributed by atoms with Gasteiger partial charge >= 0.3 is 0 Å². The van der Waals surface area contributed by atoms with Gasteiger partial charge in [-0.1, -0.05) is 9.70 Å². The molecule has 3 nitrogen and oxygen atoms in total. The molecule has 1 rings (SSSR count). The maximum atomic E-state index is 11.2. The number of amidine groups is 1. The molecule has 42 valence electrons. The van der Waals surface area contributed by atoms with Gasteiger partial charge in [0.05, 0.1) is 0 Å². The minimum Gasteiger partial charge on any atom is -0.305 e. The second-order valence-electron chi connectivity index (χ2n) is 1.29. The van der Waals surface area contributed by atoms with Crippen LogP contribution in [-0.4, -0.2) is 11.7 Å². The first-order valence-electron chi connectivity index (χ1n) is 2.01. The van der Waals surface area contributed by atoms with Gasteiger partial charge in [-0.05, 0) is 6.08 Å². The summed E-state index contributed by atoms with van der Waals surface area (Å²) >= 11 is 0. The van der Waals surface area contributed by atoms with Crippen LogP contribution in [0.5, 0.6) is 0 Å². The van der Waals surface area contributed by atoms with E-state index in [9.17, 15) is 9.28 Å². The Balaban J connectivity index is 2.73. The van der Waals surface area contributed by atoms with E-state index < -0.39 is 0 Å². The average molecular weight is 114 g/mol. The highest BCUT2D eigenvalue weighted by molar-refractivity contribution is 6.15. The summed E-state index contributed by atoms with van der Waals surface area (Å²) in [5, 5.41) is 4.36. The molecule has 0 radical (unpaired) electrons. The smallest absolute Gasteiger partial charge is 0.249 e. The molecule has 0 atom stereocenters. The Morgan fingerprint density at radius 1 is 1.62 bits per heavy atom. The lowest BCUT2D eigenvalue weighted by atomic mass is 10.6. The lowest BCUT2D eigenvalue weighted by Gasteiger charge is -1.85. The summed E-state index contributed by atoms with van der Waals surface area (Å²) in [4.78, 5) is 10.2. The number of halogens is 1. The molecule has 4 heteroatoms. The fourth-order valence-corrected chi connectivity index (χ4v) is 0.413. The Morgan fingerprint density at radius 3 is 2.62 bits per heavy atom. The fraction of sp³-hybridized carbons (Fsp3) is 0. The second-order valence-corrected chi connectivity index (χ2v) is 1.29. The van der Waals surface area contributed by atoms with E-state index in [1.807, 2.05) is 0 Å². The number of carbonyl (C=O) groups excluding carboxylic acids is 1. The molecular formula is C4H3FN2O. The Kier molecular flexibility index (Phi) is 1.07. The van der Waals surface area contributed by atoms with Gasteiger partial charge < -0.3 is 5.32 Å². The molecule has 0 fully saturated rings. The molecule has 0 aromatic heterocycles. The van der Waals surface area contributed by atoms with E-state index in [0.717, 1.165) is 0 Å². The van der Waals surface area contributed by atoms with E-state index >= 15 is 0 Å². The maximum absolute atomic E-state index is 11.2. The van der Waals surface area contributed by atoms with Crippen molar-refractivity contribution in [2.24, 2.45) is 5.21 Å². The van der Waals surface area contributed by atoms with Gasteiger partial charge in [-0.3, -0.25) is 4.79 Å². The van der Waals surface area contributed by atoms with Gasteiger partial charge in [-0.2, -0.15) is 0 Å². The molecule has 0 saturated carbocycles. The topological polar surface area (TPSA) is 41.5 Å². The Morgan fingerprint density at radius 2 is 2.38 bits per heavy atom. The van der Waals surface area contributed by atoms with Crippen LogP contribution in [0.2, 0.25) is 0 Å². The molecule has 1 aliphatic rings. The monoisotopic (exact) mass is 114 g/mol. The van der Waals surface area contributed by atoms with Crippen LogP contribution in [0.15, 0.2) is 17.4 Å². The number of amides is 1. The molecule has 0 aliphatic carbocycles. The van der Waals surface area contributed by atoms with Crippen LogP contribution in [0, 0.1) is 0 Å². The van der Waals surface area contributed by atoms with Crippen LogP contribution in [0.4, 0.5) is 4.48 Å². The summed E-state index contributed by atoms with van der Waals surface area (Å²) in [5.41, 5.74) is 0. The minimum absolute atomic E-state index is 0.0324. The van der Waals surface area contributed by atoms with Crippen LogP contribution < -0.4 is 5.32 Å². The van der Waals surface area contributed by atoms with Gasteiger partial charge in [0, 0.05) is 6.08 Å². The molecule has 1 aliphatic heterocycles. The number of carbonyl (C=O) groups is 1. The van der Waals surface area contributed by atoms with Crippen molar-refractivity contribution in [3.8, 4) is 0 Å². The van der Waals surface area contributed by atoms with Gasteiger partial charge in [0.15, 0.2) is 5.84 Å². The predicted molar refractivity (Wildman–Crippen MR) is 25.8 cm³/mol. The summed E-state index contributed by atoms with van der Waals surface area (Å²) in [6.07, 6.45) is 2.47. The highest BCUT2D eigenvalue weighted by atomic mass is 19.2. The lowest BCUT2D eigenvalue weighted by Crippen LogP contribution is -2.20. The summed E-state index contributed by atoms with van der Waals surface area (Å²) in [7, 11) is 0. The standard InChI is InChI=1S/C4H3FN2O/c5-7-3-1-2-4(8)6-3/h1-2H,(H,6,7,8). The van der Waals surface area contributed by atoms with E-state index in [0.29, 0.717) is 0 Å². The first kappa shape index (κ1) is 4.96. The van der Waals surface area contributed by atoms with Crippen molar-refractivity contribution in [2.45, 2.75) is 0 Å². The molecule has 1 heterocycles. The van der Waals surface area contributed by atoms with Crippen molar-refractivity contribution in [1.82, 2.24) is 5.32 Å². The van der Waals surface area contributed by atoms with Crippen molar-refractivity contribution in [1.29, 1.82) is 0 Å². The quantitative estimate of drug-likeness (QED) is 0.471. The third-order valence-corrected chi connectivity index (χ3v) is 0.735. The fourth-order valence-electron chi connectivity index (χ4n) is 0.413. The zero-order valence-corrected chi connectivity index (χ0v) is 3.89. The average Bonchev–Trinajstić information content (AvgIpc) is 2.14. The highest BCUT2D eigenvalue weighted by Gasteiger charge is 2.06. The molecule has 1 amide bonds. The third-order valence-electron chi connectivity index (χ3n) is 0.735. The van der Waals surface area contributed by atoms with Crippen molar-refractivity contribution >= 4 is 11.7 Å². The summed E-state index contributed by atoms with van der Waals surface area (Å²) in [5.74, 6) is -0.364. The Labute approximate surface area is 44.8 Å². The van der Waals surface area contributed by atoms with Gasteiger partial charge in [0.25, 0.3) is 0 Å². The lowest BCUT2D eigenvalue weighted by molar-refractivity contribution is -0.114. The number of hydrogen-bond acceptors (Lipinski definition) is 2. The summed E-state index contributed by atoms with van der Waals surface area (Å²) in [6, 6.07) is 0. The summed E-state index contributed by atoms with van der Waals surface area (Å²) < 4.78 is 11.2. The Bertz CT molecular complexity index is 173. The van der Waals surface area contributed by atoms with E-state index in [4.69, 9.17) is 0 Å². The molecule has 0 unspecified atom stereocenters. The van der Waals surface area contributed by atoms with Crippen molar-refractivity contribution in [3.63, 3.8) is 0 Å². The molecule has 0 aromatic rings. The first-order chi connectivity index (χ1) is 3.83. The molecule has 0 bridgehead atoms. The van der Waals surface area contributed by atoms with E-state index in [1.165, 1.54) is 12.2 Å². The van der Waals surface area contributed by atoms with Gasteiger partial charge in [0.1, 0.15) is 0 Å². The number of rotatable bonds is 0. The largest absolute Gasteiger partial charge is 0.305 e. The second kappa shape index (κ2) is 1.73. The van der Waals surface area contributed by atoms with E-state index in [1.54, 1.807) is 0 Å². The normalized spacial score (nSPS) is 22.1. The number of hydrogen-bond donors (Lipinski definition) is 1. The summed E-state index contributed by atoms with van der Waals surface area (Å²) in [6.45, 7) is 0. The van der Waals surface area contributed by atoms with Crippen LogP contribution in [0.3, 0.4) is 0 Å². The molecule has 1 N–H and O–H groups in total. The van der Waals surface area contributed by atoms with Crippen LogP contribution in [0.1, 0.15) is 0 Å². The van der Waals surface area contributed by atoms with E-state index in [-0.39, 0.29) is 11.7 Å². The zero-order valence-electron chi connectivity index (χ0n) is 3.89. The number of nitrogens with one attached hydrogen (secondary N) is 1. The zero-order chi connectivity index (χ0) is 5.98. The first-order valence-corrected chi connectivity index (χ1v) is 2.01. The maximum Gasteiger partial charge on any atom is 0.249 e. The van der Waals surface area contributed by atoms with Gasteiger partial charge in [-0.25, -0.2) is 0 Å². The Hall–Kier alpha value is -1.19. The van der Waals surface area contributed by atoms with E-state index in [2.05, 4.69) is 10.5 Å².